The summed E-state index contributed by atoms with van der Waals surface area (Å²) in [5.74, 6) is 0. The first-order chi connectivity index (χ1) is 9.22. The summed E-state index contributed by atoms with van der Waals surface area (Å²) in [5.41, 5.74) is 5.08. The highest BCUT2D eigenvalue weighted by molar-refractivity contribution is 9.10. The van der Waals surface area contributed by atoms with Crippen molar-refractivity contribution in [1.29, 1.82) is 0 Å². The smallest absolute Gasteiger partial charge is 0.0830 e. The van der Waals surface area contributed by atoms with E-state index in [1.54, 1.807) is 0 Å². The van der Waals surface area contributed by atoms with E-state index in [-0.39, 0.29) is 0 Å². The van der Waals surface area contributed by atoms with Gasteiger partial charge in [-0.2, -0.15) is 0 Å². The zero-order valence-electron chi connectivity index (χ0n) is 10.8. The minimum absolute atomic E-state index is 0.416. The lowest BCUT2D eigenvalue weighted by atomic mass is 9.98. The van der Waals surface area contributed by atoms with Gasteiger partial charge in [-0.05, 0) is 53.6 Å². The third-order valence-corrected chi connectivity index (χ3v) is 4.32. The Hall–Kier alpha value is -1.12. The Kier molecular flexibility index (Phi) is 3.72. The maximum atomic E-state index is 10.4. The lowest BCUT2D eigenvalue weighted by Gasteiger charge is -2.13. The molecule has 1 aliphatic rings. The van der Waals surface area contributed by atoms with Crippen LogP contribution >= 0.6 is 15.9 Å². The third-order valence-electron chi connectivity index (χ3n) is 3.83. The van der Waals surface area contributed by atoms with Crippen LogP contribution in [-0.4, -0.2) is 5.11 Å². The minimum atomic E-state index is -0.416. The Morgan fingerprint density at radius 2 is 1.89 bits per heavy atom. The van der Waals surface area contributed by atoms with Gasteiger partial charge < -0.3 is 5.11 Å². The number of hydrogen-bond donors (Lipinski definition) is 1. The number of aryl methyl sites for hydroxylation is 2. The van der Waals surface area contributed by atoms with Crippen molar-refractivity contribution < 1.29 is 5.11 Å². The number of aliphatic hydroxyl groups is 1. The Balaban J connectivity index is 1.78. The number of fused-ring (bicyclic) bond motifs is 1. The molecule has 0 saturated carbocycles. The first-order valence-corrected chi connectivity index (χ1v) is 7.56. The van der Waals surface area contributed by atoms with Gasteiger partial charge in [0.25, 0.3) is 0 Å². The summed E-state index contributed by atoms with van der Waals surface area (Å²) in [6, 6.07) is 14.6. The molecule has 0 spiro atoms. The molecule has 0 fully saturated rings. The van der Waals surface area contributed by atoms with Crippen molar-refractivity contribution in [1.82, 2.24) is 0 Å². The molecule has 1 nitrogen and oxygen atoms in total. The largest absolute Gasteiger partial charge is 0.388 e. The Morgan fingerprint density at radius 3 is 2.74 bits per heavy atom. The maximum absolute atomic E-state index is 10.4. The molecule has 19 heavy (non-hydrogen) atoms. The van der Waals surface area contributed by atoms with Crippen molar-refractivity contribution >= 4 is 15.9 Å². The van der Waals surface area contributed by atoms with E-state index < -0.39 is 6.10 Å². The molecule has 2 aromatic carbocycles. The maximum Gasteiger partial charge on any atom is 0.0830 e. The first-order valence-electron chi connectivity index (χ1n) is 6.76. The fourth-order valence-electron chi connectivity index (χ4n) is 2.80. The molecule has 0 aliphatic heterocycles. The summed E-state index contributed by atoms with van der Waals surface area (Å²) in [7, 11) is 0. The van der Waals surface area contributed by atoms with Gasteiger partial charge >= 0.3 is 0 Å². The van der Waals surface area contributed by atoms with Gasteiger partial charge in [-0.3, -0.25) is 0 Å². The van der Waals surface area contributed by atoms with Gasteiger partial charge in [0.05, 0.1) is 6.10 Å². The summed E-state index contributed by atoms with van der Waals surface area (Å²) in [6.45, 7) is 0. The number of benzene rings is 2. The van der Waals surface area contributed by atoms with Gasteiger partial charge in [0.1, 0.15) is 0 Å². The predicted octanol–water partition coefficient (Wildman–Crippen LogP) is 4.21. The molecule has 1 unspecified atom stereocenters. The highest BCUT2D eigenvalue weighted by atomic mass is 79.9. The highest BCUT2D eigenvalue weighted by Gasteiger charge is 2.14. The summed E-state index contributed by atoms with van der Waals surface area (Å²) in [4.78, 5) is 0. The number of aliphatic hydroxyl groups excluding tert-OH is 1. The fourth-order valence-corrected chi connectivity index (χ4v) is 3.25. The number of hydrogen-bond acceptors (Lipinski definition) is 1. The van der Waals surface area contributed by atoms with E-state index in [0.717, 1.165) is 22.0 Å². The van der Waals surface area contributed by atoms with Crippen molar-refractivity contribution in [2.75, 3.05) is 0 Å². The second-order valence-corrected chi connectivity index (χ2v) is 6.15. The van der Waals surface area contributed by atoms with Gasteiger partial charge in [-0.1, -0.05) is 46.3 Å². The van der Waals surface area contributed by atoms with Gasteiger partial charge in [0.2, 0.25) is 0 Å². The van der Waals surface area contributed by atoms with Crippen molar-refractivity contribution in [2.45, 2.75) is 31.8 Å². The van der Waals surface area contributed by atoms with Gasteiger partial charge in [0.15, 0.2) is 0 Å². The summed E-state index contributed by atoms with van der Waals surface area (Å²) >= 11 is 3.47. The quantitative estimate of drug-likeness (QED) is 0.899. The van der Waals surface area contributed by atoms with Crippen LogP contribution in [0.3, 0.4) is 0 Å². The van der Waals surface area contributed by atoms with Gasteiger partial charge in [-0.15, -0.1) is 0 Å². The normalized spacial score (nSPS) is 15.3. The van der Waals surface area contributed by atoms with Crippen LogP contribution in [0.5, 0.6) is 0 Å². The average molecular weight is 317 g/mol. The summed E-state index contributed by atoms with van der Waals surface area (Å²) < 4.78 is 1.06. The van der Waals surface area contributed by atoms with Crippen molar-refractivity contribution in [3.05, 3.63) is 69.2 Å². The zero-order chi connectivity index (χ0) is 13.2. The fraction of sp³-hybridized carbons (Fsp3) is 0.294. The average Bonchev–Trinajstić information content (AvgIpc) is 2.85. The molecule has 0 bridgehead atoms. The SMILES string of the molecule is OC(Cc1cccc(Br)c1)c1ccc2c(c1)CCC2. The molecule has 1 aliphatic carbocycles. The molecule has 0 radical (unpaired) electrons. The van der Waals surface area contributed by atoms with Crippen LogP contribution in [0.15, 0.2) is 46.9 Å². The van der Waals surface area contributed by atoms with Crippen molar-refractivity contribution in [3.8, 4) is 0 Å². The summed E-state index contributed by atoms with van der Waals surface area (Å²) in [5, 5.41) is 10.4. The van der Waals surface area contributed by atoms with E-state index in [0.29, 0.717) is 6.42 Å². The highest BCUT2D eigenvalue weighted by Crippen LogP contribution is 2.27. The molecule has 98 valence electrons. The molecule has 0 aromatic heterocycles. The monoisotopic (exact) mass is 316 g/mol. The van der Waals surface area contributed by atoms with E-state index in [9.17, 15) is 5.11 Å². The molecule has 2 aromatic rings. The summed E-state index contributed by atoms with van der Waals surface area (Å²) in [6.07, 6.45) is 3.85. The van der Waals surface area contributed by atoms with E-state index >= 15 is 0 Å². The van der Waals surface area contributed by atoms with Crippen LogP contribution in [-0.2, 0) is 19.3 Å². The molecular weight excluding hydrogens is 300 g/mol. The third kappa shape index (κ3) is 2.90. The predicted molar refractivity (Wildman–Crippen MR) is 81.3 cm³/mol. The minimum Gasteiger partial charge on any atom is -0.388 e. The van der Waals surface area contributed by atoms with Crippen LogP contribution < -0.4 is 0 Å². The lowest BCUT2D eigenvalue weighted by molar-refractivity contribution is 0.178. The standard InChI is InChI=1S/C17H17BrO/c18-16-6-1-3-12(9-16)10-17(19)15-8-7-13-4-2-5-14(13)11-15/h1,3,6-9,11,17,19H,2,4-5,10H2. The molecule has 0 saturated heterocycles. The zero-order valence-corrected chi connectivity index (χ0v) is 12.4. The molecule has 1 N–H and O–H groups in total. The van der Waals surface area contributed by atoms with Crippen LogP contribution in [0.2, 0.25) is 0 Å². The molecule has 0 heterocycles. The number of rotatable bonds is 3. The second-order valence-electron chi connectivity index (χ2n) is 5.23. The van der Waals surface area contributed by atoms with E-state index in [1.165, 1.54) is 24.0 Å². The van der Waals surface area contributed by atoms with Crippen LogP contribution in [0, 0.1) is 0 Å². The van der Waals surface area contributed by atoms with E-state index in [4.69, 9.17) is 0 Å². The molecule has 0 amide bonds. The topological polar surface area (TPSA) is 20.2 Å². The Labute approximate surface area is 122 Å². The van der Waals surface area contributed by atoms with Gasteiger partial charge in [-0.25, -0.2) is 0 Å². The molecule has 1 atom stereocenters. The Morgan fingerprint density at radius 1 is 1.05 bits per heavy atom. The van der Waals surface area contributed by atoms with Crippen LogP contribution in [0.1, 0.15) is 34.8 Å². The molecule has 2 heteroatoms. The van der Waals surface area contributed by atoms with Crippen molar-refractivity contribution in [2.24, 2.45) is 0 Å². The van der Waals surface area contributed by atoms with E-state index in [1.807, 2.05) is 12.1 Å². The van der Waals surface area contributed by atoms with Crippen LogP contribution in [0.4, 0.5) is 0 Å². The molecular formula is C17H17BrO. The number of halogens is 1. The second kappa shape index (κ2) is 5.48. The Bertz CT molecular complexity index is 592. The molecule has 3 rings (SSSR count). The van der Waals surface area contributed by atoms with E-state index in [2.05, 4.69) is 46.3 Å². The lowest BCUT2D eigenvalue weighted by Crippen LogP contribution is -2.02. The first kappa shape index (κ1) is 12.9. The van der Waals surface area contributed by atoms with Crippen molar-refractivity contribution in [3.63, 3.8) is 0 Å². The van der Waals surface area contributed by atoms with Gasteiger partial charge in [0, 0.05) is 10.9 Å². The van der Waals surface area contributed by atoms with Crippen LogP contribution in [0.25, 0.3) is 0 Å².